The van der Waals surface area contributed by atoms with Crippen molar-refractivity contribution in [3.8, 4) is 11.1 Å². The molecule has 0 bridgehead atoms. The molecule has 28 heavy (non-hydrogen) atoms. The van der Waals surface area contributed by atoms with Crippen molar-refractivity contribution in [1.29, 1.82) is 0 Å². The predicted octanol–water partition coefficient (Wildman–Crippen LogP) is 3.60. The molecule has 0 saturated heterocycles. The summed E-state index contributed by atoms with van der Waals surface area (Å²) in [5.74, 6) is -0.305. The molecule has 4 aromatic rings. The highest BCUT2D eigenvalue weighted by Gasteiger charge is 2.10. The normalized spacial score (nSPS) is 10.6. The van der Waals surface area contributed by atoms with Crippen LogP contribution >= 0.6 is 0 Å². The number of para-hydroxylation sites is 2. The largest absolute Gasteiger partial charge is 0.343 e. The van der Waals surface area contributed by atoms with E-state index in [0.29, 0.717) is 11.5 Å². The maximum Gasteiger partial charge on any atom is 0.251 e. The number of carbonyl (C=O) groups is 2. The number of amides is 2. The summed E-state index contributed by atoms with van der Waals surface area (Å²) < 4.78 is 0. The maximum atomic E-state index is 12.3. The maximum absolute atomic E-state index is 12.3. The van der Waals surface area contributed by atoms with E-state index in [1.165, 1.54) is 0 Å². The quantitative estimate of drug-likeness (QED) is 0.502. The molecule has 0 fully saturated rings. The minimum atomic E-state index is -0.353. The average molecular weight is 370 g/mol. The van der Waals surface area contributed by atoms with Crippen LogP contribution in [0, 0.1) is 0 Å². The zero-order chi connectivity index (χ0) is 19.3. The summed E-state index contributed by atoms with van der Waals surface area (Å²) in [5.41, 5.74) is 4.20. The van der Waals surface area contributed by atoms with Crippen molar-refractivity contribution in [2.24, 2.45) is 0 Å². The number of imidazole rings is 1. The van der Waals surface area contributed by atoms with Crippen LogP contribution in [0.3, 0.4) is 0 Å². The van der Waals surface area contributed by atoms with Crippen LogP contribution in [0.2, 0.25) is 0 Å². The zero-order valence-corrected chi connectivity index (χ0v) is 15.0. The zero-order valence-electron chi connectivity index (χ0n) is 15.0. The molecule has 1 aromatic heterocycles. The third-order valence-corrected chi connectivity index (χ3v) is 4.31. The number of aromatic amines is 1. The lowest BCUT2D eigenvalue weighted by atomic mass is 10.0. The highest BCUT2D eigenvalue weighted by molar-refractivity contribution is 5.99. The third kappa shape index (κ3) is 3.91. The van der Waals surface area contributed by atoms with Crippen LogP contribution in [-0.4, -0.2) is 28.3 Å². The van der Waals surface area contributed by atoms with E-state index in [1.807, 2.05) is 66.7 Å². The van der Waals surface area contributed by atoms with Crippen molar-refractivity contribution in [2.75, 3.05) is 11.9 Å². The van der Waals surface area contributed by atoms with Gasteiger partial charge in [-0.25, -0.2) is 4.98 Å². The SMILES string of the molecule is O=C(CNC(=O)c1ccc(-c2ccccc2)cc1)Nc1nc2ccccc2[nH]1. The van der Waals surface area contributed by atoms with Gasteiger partial charge >= 0.3 is 0 Å². The fourth-order valence-corrected chi connectivity index (χ4v) is 2.90. The number of fused-ring (bicyclic) bond motifs is 1. The second-order valence-electron chi connectivity index (χ2n) is 6.28. The molecule has 0 radical (unpaired) electrons. The molecular weight excluding hydrogens is 352 g/mol. The van der Waals surface area contributed by atoms with Crippen molar-refractivity contribution in [1.82, 2.24) is 15.3 Å². The number of nitrogens with one attached hydrogen (secondary N) is 3. The van der Waals surface area contributed by atoms with Crippen LogP contribution in [0.1, 0.15) is 10.4 Å². The van der Waals surface area contributed by atoms with Crippen molar-refractivity contribution in [2.45, 2.75) is 0 Å². The smallest absolute Gasteiger partial charge is 0.251 e. The summed E-state index contributed by atoms with van der Waals surface area (Å²) in [6.07, 6.45) is 0. The topological polar surface area (TPSA) is 86.9 Å². The van der Waals surface area contributed by atoms with Crippen LogP contribution in [0.4, 0.5) is 5.95 Å². The number of carbonyl (C=O) groups excluding carboxylic acids is 2. The van der Waals surface area contributed by atoms with E-state index in [4.69, 9.17) is 0 Å². The van der Waals surface area contributed by atoms with E-state index in [9.17, 15) is 9.59 Å². The summed E-state index contributed by atoms with van der Waals surface area (Å²) in [6.45, 7) is -0.143. The van der Waals surface area contributed by atoms with Crippen LogP contribution < -0.4 is 10.6 Å². The lowest BCUT2D eigenvalue weighted by Crippen LogP contribution is -2.33. The third-order valence-electron chi connectivity index (χ3n) is 4.31. The summed E-state index contributed by atoms with van der Waals surface area (Å²) >= 11 is 0. The van der Waals surface area contributed by atoms with Gasteiger partial charge in [0.15, 0.2) is 0 Å². The van der Waals surface area contributed by atoms with E-state index in [-0.39, 0.29) is 18.4 Å². The molecule has 1 heterocycles. The van der Waals surface area contributed by atoms with Gasteiger partial charge in [0.05, 0.1) is 17.6 Å². The Morgan fingerprint density at radius 2 is 1.50 bits per heavy atom. The van der Waals surface area contributed by atoms with Gasteiger partial charge < -0.3 is 10.3 Å². The standard InChI is InChI=1S/C22H18N4O2/c27-20(26-22-24-18-8-4-5-9-19(18)25-22)14-23-21(28)17-12-10-16(11-13-17)15-6-2-1-3-7-15/h1-13H,14H2,(H,23,28)(H2,24,25,26,27). The first-order valence-electron chi connectivity index (χ1n) is 8.87. The number of benzene rings is 3. The molecule has 6 nitrogen and oxygen atoms in total. The fourth-order valence-electron chi connectivity index (χ4n) is 2.90. The lowest BCUT2D eigenvalue weighted by molar-refractivity contribution is -0.115. The number of rotatable bonds is 5. The van der Waals surface area contributed by atoms with Crippen LogP contribution in [0.15, 0.2) is 78.9 Å². The van der Waals surface area contributed by atoms with Gasteiger partial charge in [0.2, 0.25) is 11.9 Å². The minimum Gasteiger partial charge on any atom is -0.343 e. The molecule has 0 saturated carbocycles. The first-order chi connectivity index (χ1) is 13.7. The highest BCUT2D eigenvalue weighted by Crippen LogP contribution is 2.19. The van der Waals surface area contributed by atoms with Gasteiger partial charge in [-0.15, -0.1) is 0 Å². The van der Waals surface area contributed by atoms with Crippen molar-refractivity contribution in [3.63, 3.8) is 0 Å². The van der Waals surface area contributed by atoms with Crippen LogP contribution in [0.25, 0.3) is 22.2 Å². The molecule has 0 aliphatic heterocycles. The lowest BCUT2D eigenvalue weighted by Gasteiger charge is -2.06. The Kier molecular flexibility index (Phi) is 4.84. The highest BCUT2D eigenvalue weighted by atomic mass is 16.2. The molecule has 138 valence electrons. The van der Waals surface area contributed by atoms with Crippen LogP contribution in [-0.2, 0) is 4.79 Å². The number of aromatic nitrogens is 2. The first-order valence-corrected chi connectivity index (χ1v) is 8.87. The number of H-pyrrole nitrogens is 1. The molecule has 6 heteroatoms. The van der Waals surface area contributed by atoms with E-state index in [0.717, 1.165) is 22.2 Å². The molecular formula is C22H18N4O2. The first kappa shape index (κ1) is 17.5. The minimum absolute atomic E-state index is 0.143. The Hall–Kier alpha value is -3.93. The Bertz CT molecular complexity index is 1090. The Morgan fingerprint density at radius 3 is 2.25 bits per heavy atom. The molecule has 3 N–H and O–H groups in total. The average Bonchev–Trinajstić information content (AvgIpc) is 3.15. The van der Waals surface area contributed by atoms with Gasteiger partial charge in [0, 0.05) is 5.56 Å². The molecule has 0 aliphatic rings. The van der Waals surface area contributed by atoms with Crippen molar-refractivity contribution < 1.29 is 9.59 Å². The van der Waals surface area contributed by atoms with Crippen molar-refractivity contribution in [3.05, 3.63) is 84.4 Å². The number of nitrogens with zero attached hydrogens (tertiary/aromatic N) is 1. The molecule has 0 spiro atoms. The second-order valence-corrected chi connectivity index (χ2v) is 6.28. The van der Waals surface area contributed by atoms with Gasteiger partial charge in [-0.05, 0) is 35.4 Å². The number of hydrogen-bond acceptors (Lipinski definition) is 3. The number of anilines is 1. The monoisotopic (exact) mass is 370 g/mol. The van der Waals surface area contributed by atoms with Crippen molar-refractivity contribution >= 4 is 28.8 Å². The summed E-state index contributed by atoms with van der Waals surface area (Å²) in [5, 5.41) is 5.27. The van der Waals surface area contributed by atoms with Gasteiger partial charge in [0.25, 0.3) is 5.91 Å². The van der Waals surface area contributed by atoms with Gasteiger partial charge in [-0.1, -0.05) is 54.6 Å². The van der Waals surface area contributed by atoms with E-state index in [1.54, 1.807) is 12.1 Å². The Labute approximate surface area is 161 Å². The summed E-state index contributed by atoms with van der Waals surface area (Å²) in [6, 6.07) is 24.7. The predicted molar refractivity (Wildman–Crippen MR) is 109 cm³/mol. The Morgan fingerprint density at radius 1 is 0.821 bits per heavy atom. The van der Waals surface area contributed by atoms with E-state index >= 15 is 0 Å². The van der Waals surface area contributed by atoms with E-state index < -0.39 is 0 Å². The molecule has 0 unspecified atom stereocenters. The van der Waals surface area contributed by atoms with Crippen LogP contribution in [0.5, 0.6) is 0 Å². The second kappa shape index (κ2) is 7.75. The Balaban J connectivity index is 1.34. The van der Waals surface area contributed by atoms with E-state index in [2.05, 4.69) is 20.6 Å². The van der Waals surface area contributed by atoms with Gasteiger partial charge in [-0.3, -0.25) is 14.9 Å². The van der Waals surface area contributed by atoms with Gasteiger partial charge in [-0.2, -0.15) is 0 Å². The summed E-state index contributed by atoms with van der Waals surface area (Å²) in [7, 11) is 0. The van der Waals surface area contributed by atoms with Gasteiger partial charge in [0.1, 0.15) is 0 Å². The number of hydrogen-bond donors (Lipinski definition) is 3. The molecule has 2 amide bonds. The molecule has 4 rings (SSSR count). The fraction of sp³-hybridized carbons (Fsp3) is 0.0455. The molecule has 3 aromatic carbocycles. The summed E-state index contributed by atoms with van der Waals surface area (Å²) in [4.78, 5) is 31.6. The molecule has 0 aliphatic carbocycles. The molecule has 0 atom stereocenters.